The Morgan fingerprint density at radius 2 is 2.04 bits per heavy atom. The second kappa shape index (κ2) is 8.69. The fourth-order valence-corrected chi connectivity index (χ4v) is 4.18. The lowest BCUT2D eigenvalue weighted by molar-refractivity contribution is -0.137. The van der Waals surface area contributed by atoms with E-state index in [9.17, 15) is 9.59 Å². The van der Waals surface area contributed by atoms with Gasteiger partial charge in [-0.3, -0.25) is 9.59 Å². The third-order valence-electron chi connectivity index (χ3n) is 4.77. The summed E-state index contributed by atoms with van der Waals surface area (Å²) in [6.07, 6.45) is 1.69. The van der Waals surface area contributed by atoms with Gasteiger partial charge in [-0.2, -0.15) is 0 Å². The third kappa shape index (κ3) is 4.46. The van der Waals surface area contributed by atoms with E-state index in [2.05, 4.69) is 6.07 Å². The molecule has 0 spiro atoms. The summed E-state index contributed by atoms with van der Waals surface area (Å²) in [6, 6.07) is 11.0. The Bertz CT molecular complexity index is 746. The maximum Gasteiger partial charge on any atom is 0.253 e. The number of hydrogen-bond acceptors (Lipinski definition) is 3. The number of carbonyl (C=O) groups is 2. The Hall–Kier alpha value is -1.85. The molecule has 3 rings (SSSR count). The molecule has 0 saturated carbocycles. The number of amides is 2. The number of hydrogen-bond donors (Lipinski definition) is 0. The quantitative estimate of drug-likeness (QED) is 0.763. The molecule has 2 amide bonds. The first-order valence-electron chi connectivity index (χ1n) is 8.94. The first-order valence-corrected chi connectivity index (χ1v) is 10.2. The Morgan fingerprint density at radius 1 is 1.27 bits per heavy atom. The van der Waals surface area contributed by atoms with Crippen LogP contribution in [0.4, 0.5) is 0 Å². The van der Waals surface area contributed by atoms with Crippen LogP contribution in [-0.2, 0) is 11.3 Å². The minimum absolute atomic E-state index is 0.0273. The molecule has 138 valence electrons. The van der Waals surface area contributed by atoms with Crippen LogP contribution < -0.4 is 0 Å². The van der Waals surface area contributed by atoms with Gasteiger partial charge >= 0.3 is 0 Å². The van der Waals surface area contributed by atoms with E-state index in [0.29, 0.717) is 36.8 Å². The molecule has 1 fully saturated rings. The average Bonchev–Trinajstić information content (AvgIpc) is 3.19. The van der Waals surface area contributed by atoms with Crippen molar-refractivity contribution in [2.75, 3.05) is 19.6 Å². The summed E-state index contributed by atoms with van der Waals surface area (Å²) in [6.45, 7) is 4.52. The van der Waals surface area contributed by atoms with Gasteiger partial charge in [-0.15, -0.1) is 11.3 Å². The van der Waals surface area contributed by atoms with E-state index in [-0.39, 0.29) is 17.7 Å². The van der Waals surface area contributed by atoms with Crippen molar-refractivity contribution in [3.05, 3.63) is 57.2 Å². The third-order valence-corrected chi connectivity index (χ3v) is 5.88. The number of rotatable bonds is 5. The standard InChI is InChI=1S/C20H23ClN2O2S/c1-2-22(14-18-6-4-12-26-18)20(25)16-5-3-11-23(13-16)19(24)15-7-9-17(21)10-8-15/h4,6-10,12,16H,2-3,5,11,13-14H2,1H3. The van der Waals surface area contributed by atoms with Gasteiger partial charge in [0.05, 0.1) is 12.5 Å². The van der Waals surface area contributed by atoms with Crippen molar-refractivity contribution in [1.82, 2.24) is 9.80 Å². The van der Waals surface area contributed by atoms with Gasteiger partial charge in [0.2, 0.25) is 5.91 Å². The normalized spacial score (nSPS) is 17.2. The molecule has 6 heteroatoms. The lowest BCUT2D eigenvalue weighted by Gasteiger charge is -2.34. The number of nitrogens with zero attached hydrogens (tertiary/aromatic N) is 2. The van der Waals surface area contributed by atoms with Crippen molar-refractivity contribution >= 4 is 34.8 Å². The van der Waals surface area contributed by atoms with E-state index >= 15 is 0 Å². The predicted octanol–water partition coefficient (Wildman–Crippen LogP) is 4.30. The molecule has 1 aromatic heterocycles. The van der Waals surface area contributed by atoms with E-state index in [4.69, 9.17) is 11.6 Å². The molecule has 2 heterocycles. The fourth-order valence-electron chi connectivity index (χ4n) is 3.33. The second-order valence-electron chi connectivity index (χ2n) is 6.53. The van der Waals surface area contributed by atoms with E-state index < -0.39 is 0 Å². The van der Waals surface area contributed by atoms with E-state index in [1.165, 1.54) is 4.88 Å². The highest BCUT2D eigenvalue weighted by Gasteiger charge is 2.31. The van der Waals surface area contributed by atoms with Gasteiger partial charge in [0.15, 0.2) is 0 Å². The summed E-state index contributed by atoms with van der Waals surface area (Å²) in [4.78, 5) is 30.6. The van der Waals surface area contributed by atoms with Crippen LogP contribution in [-0.4, -0.2) is 41.2 Å². The number of piperidine rings is 1. The first-order chi connectivity index (χ1) is 12.6. The first kappa shape index (κ1) is 18.9. The zero-order chi connectivity index (χ0) is 18.5. The van der Waals surface area contributed by atoms with Crippen molar-refractivity contribution in [3.8, 4) is 0 Å². The van der Waals surface area contributed by atoms with Crippen molar-refractivity contribution in [2.24, 2.45) is 5.92 Å². The average molecular weight is 391 g/mol. The van der Waals surface area contributed by atoms with Crippen LogP contribution in [0.15, 0.2) is 41.8 Å². The molecule has 4 nitrogen and oxygen atoms in total. The smallest absolute Gasteiger partial charge is 0.253 e. The molecule has 2 aromatic rings. The Balaban J connectivity index is 1.65. The molecular formula is C20H23ClN2O2S. The Labute approximate surface area is 163 Å². The lowest BCUT2D eigenvalue weighted by atomic mass is 9.95. The second-order valence-corrected chi connectivity index (χ2v) is 8.00. The van der Waals surface area contributed by atoms with Crippen LogP contribution >= 0.6 is 22.9 Å². The van der Waals surface area contributed by atoms with Crippen LogP contribution in [0.1, 0.15) is 35.0 Å². The van der Waals surface area contributed by atoms with Gasteiger partial charge in [0.1, 0.15) is 0 Å². The van der Waals surface area contributed by atoms with E-state index in [1.54, 1.807) is 40.5 Å². The highest BCUT2D eigenvalue weighted by atomic mass is 35.5. The molecule has 1 aromatic carbocycles. The van der Waals surface area contributed by atoms with E-state index in [1.807, 2.05) is 23.3 Å². The monoisotopic (exact) mass is 390 g/mol. The topological polar surface area (TPSA) is 40.6 Å². The van der Waals surface area contributed by atoms with Gasteiger partial charge < -0.3 is 9.80 Å². The highest BCUT2D eigenvalue weighted by Crippen LogP contribution is 2.23. The van der Waals surface area contributed by atoms with Gasteiger partial charge in [0, 0.05) is 35.1 Å². The molecule has 26 heavy (non-hydrogen) atoms. The molecule has 1 saturated heterocycles. The largest absolute Gasteiger partial charge is 0.338 e. The SMILES string of the molecule is CCN(Cc1cccs1)C(=O)C1CCCN(C(=O)c2ccc(Cl)cc2)C1. The fraction of sp³-hybridized carbons (Fsp3) is 0.400. The number of carbonyl (C=O) groups excluding carboxylic acids is 2. The Morgan fingerprint density at radius 3 is 2.69 bits per heavy atom. The molecule has 1 aliphatic rings. The molecule has 1 unspecified atom stereocenters. The maximum atomic E-state index is 13.0. The lowest BCUT2D eigenvalue weighted by Crippen LogP contribution is -2.46. The predicted molar refractivity (Wildman–Crippen MR) is 105 cm³/mol. The summed E-state index contributed by atoms with van der Waals surface area (Å²) in [5.74, 6) is -0.00473. The molecule has 0 aliphatic carbocycles. The summed E-state index contributed by atoms with van der Waals surface area (Å²) >= 11 is 7.57. The van der Waals surface area contributed by atoms with Crippen LogP contribution in [0.5, 0.6) is 0 Å². The zero-order valence-electron chi connectivity index (χ0n) is 14.9. The minimum Gasteiger partial charge on any atom is -0.338 e. The van der Waals surface area contributed by atoms with Gasteiger partial charge in [-0.25, -0.2) is 0 Å². The summed E-state index contributed by atoms with van der Waals surface area (Å²) in [5, 5.41) is 2.64. The summed E-state index contributed by atoms with van der Waals surface area (Å²) in [5.41, 5.74) is 0.619. The molecule has 1 aliphatic heterocycles. The van der Waals surface area contributed by atoms with Crippen molar-refractivity contribution in [3.63, 3.8) is 0 Å². The van der Waals surface area contributed by atoms with Crippen molar-refractivity contribution in [1.29, 1.82) is 0 Å². The number of halogens is 1. The minimum atomic E-state index is -0.125. The van der Waals surface area contributed by atoms with Crippen LogP contribution in [0, 0.1) is 5.92 Å². The van der Waals surface area contributed by atoms with Crippen LogP contribution in [0.25, 0.3) is 0 Å². The number of likely N-dealkylation sites (tertiary alicyclic amines) is 1. The molecule has 0 bridgehead atoms. The highest BCUT2D eigenvalue weighted by molar-refractivity contribution is 7.09. The number of thiophene rings is 1. The van der Waals surface area contributed by atoms with Gasteiger partial charge in [-0.1, -0.05) is 17.7 Å². The summed E-state index contributed by atoms with van der Waals surface area (Å²) in [7, 11) is 0. The zero-order valence-corrected chi connectivity index (χ0v) is 16.4. The number of benzene rings is 1. The summed E-state index contributed by atoms with van der Waals surface area (Å²) < 4.78 is 0. The van der Waals surface area contributed by atoms with Gasteiger partial charge in [0.25, 0.3) is 5.91 Å². The maximum absolute atomic E-state index is 13.0. The molecule has 0 N–H and O–H groups in total. The van der Waals surface area contributed by atoms with Crippen LogP contribution in [0.2, 0.25) is 5.02 Å². The molecular weight excluding hydrogens is 368 g/mol. The molecule has 0 radical (unpaired) electrons. The Kier molecular flexibility index (Phi) is 6.33. The van der Waals surface area contributed by atoms with Crippen molar-refractivity contribution < 1.29 is 9.59 Å². The van der Waals surface area contributed by atoms with Gasteiger partial charge in [-0.05, 0) is 55.5 Å². The molecule has 1 atom stereocenters. The van der Waals surface area contributed by atoms with Crippen molar-refractivity contribution in [2.45, 2.75) is 26.3 Å². The van der Waals surface area contributed by atoms with Crippen LogP contribution in [0.3, 0.4) is 0 Å². The van der Waals surface area contributed by atoms with E-state index in [0.717, 1.165) is 12.8 Å².